The van der Waals surface area contributed by atoms with Gasteiger partial charge in [0.2, 0.25) is 0 Å². The van der Waals surface area contributed by atoms with Crippen LogP contribution in [0.4, 0.5) is 0 Å². The Morgan fingerprint density at radius 3 is 3.00 bits per heavy atom. The molecule has 1 aromatic heterocycles. The van der Waals surface area contributed by atoms with Crippen LogP contribution < -0.4 is 0 Å². The first-order valence-corrected chi connectivity index (χ1v) is 4.20. The van der Waals surface area contributed by atoms with Gasteiger partial charge in [0.05, 0.1) is 10.5 Å². The van der Waals surface area contributed by atoms with Crippen molar-refractivity contribution in [3.8, 4) is 0 Å². The standard InChI is InChI=1S/C9H7ClN2O/c10-7-2-1-3-8-6(7)4-11-9(5-13)12-8/h1-4,13H,5H2. The molecule has 1 N–H and O–H groups in total. The Bertz CT molecular complexity index is 445. The highest BCUT2D eigenvalue weighted by Gasteiger charge is 2.01. The molecule has 0 fully saturated rings. The molecule has 0 aliphatic heterocycles. The number of benzene rings is 1. The summed E-state index contributed by atoms with van der Waals surface area (Å²) in [5, 5.41) is 10.2. The van der Waals surface area contributed by atoms with Crippen molar-refractivity contribution in [3.05, 3.63) is 35.2 Å². The smallest absolute Gasteiger partial charge is 0.154 e. The molecule has 1 aromatic carbocycles. The second-order valence-corrected chi connectivity index (χ2v) is 3.02. The minimum atomic E-state index is -0.150. The predicted molar refractivity (Wildman–Crippen MR) is 50.5 cm³/mol. The van der Waals surface area contributed by atoms with Crippen LogP contribution in [-0.4, -0.2) is 15.1 Å². The van der Waals surface area contributed by atoms with E-state index in [-0.39, 0.29) is 6.61 Å². The average molecular weight is 195 g/mol. The topological polar surface area (TPSA) is 46.0 Å². The lowest BCUT2D eigenvalue weighted by molar-refractivity contribution is 0.272. The van der Waals surface area contributed by atoms with E-state index in [1.807, 2.05) is 12.1 Å². The highest BCUT2D eigenvalue weighted by molar-refractivity contribution is 6.35. The second-order valence-electron chi connectivity index (χ2n) is 2.62. The molecule has 3 nitrogen and oxygen atoms in total. The van der Waals surface area contributed by atoms with Crippen LogP contribution >= 0.6 is 11.6 Å². The summed E-state index contributed by atoms with van der Waals surface area (Å²) in [6, 6.07) is 5.44. The number of fused-ring (bicyclic) bond motifs is 1. The summed E-state index contributed by atoms with van der Waals surface area (Å²) in [6.45, 7) is -0.150. The first-order chi connectivity index (χ1) is 6.31. The quantitative estimate of drug-likeness (QED) is 0.753. The number of halogens is 1. The van der Waals surface area contributed by atoms with E-state index >= 15 is 0 Å². The molecule has 2 aromatic rings. The number of hydrogen-bond donors (Lipinski definition) is 1. The third-order valence-electron chi connectivity index (χ3n) is 1.76. The summed E-state index contributed by atoms with van der Waals surface area (Å²) in [5.74, 6) is 0.412. The number of hydrogen-bond acceptors (Lipinski definition) is 3. The van der Waals surface area contributed by atoms with Gasteiger partial charge in [0.1, 0.15) is 6.61 Å². The van der Waals surface area contributed by atoms with Gasteiger partial charge in [-0.1, -0.05) is 17.7 Å². The molecule has 0 bridgehead atoms. The number of nitrogens with zero attached hydrogens (tertiary/aromatic N) is 2. The fourth-order valence-electron chi connectivity index (χ4n) is 1.13. The first kappa shape index (κ1) is 8.41. The lowest BCUT2D eigenvalue weighted by atomic mass is 10.2. The molecule has 0 spiro atoms. The zero-order valence-electron chi connectivity index (χ0n) is 6.74. The van der Waals surface area contributed by atoms with Crippen molar-refractivity contribution >= 4 is 22.5 Å². The molecule has 0 aliphatic rings. The first-order valence-electron chi connectivity index (χ1n) is 3.82. The predicted octanol–water partition coefficient (Wildman–Crippen LogP) is 1.78. The minimum absolute atomic E-state index is 0.150. The van der Waals surface area contributed by atoms with E-state index in [9.17, 15) is 0 Å². The van der Waals surface area contributed by atoms with Crippen LogP contribution in [0, 0.1) is 0 Å². The molecule has 0 unspecified atom stereocenters. The fraction of sp³-hybridized carbons (Fsp3) is 0.111. The molecule has 13 heavy (non-hydrogen) atoms. The Hall–Kier alpha value is -1.19. The molecule has 0 amide bonds. The van der Waals surface area contributed by atoms with E-state index < -0.39 is 0 Å². The van der Waals surface area contributed by atoms with Gasteiger partial charge in [0.15, 0.2) is 5.82 Å². The molecular weight excluding hydrogens is 188 g/mol. The average Bonchev–Trinajstić information content (AvgIpc) is 2.18. The van der Waals surface area contributed by atoms with Crippen molar-refractivity contribution in [1.29, 1.82) is 0 Å². The van der Waals surface area contributed by atoms with Crippen LogP contribution in [0.3, 0.4) is 0 Å². The Morgan fingerprint density at radius 2 is 2.23 bits per heavy atom. The third-order valence-corrected chi connectivity index (χ3v) is 2.09. The Kier molecular flexibility index (Phi) is 2.12. The van der Waals surface area contributed by atoms with Crippen LogP contribution in [0.15, 0.2) is 24.4 Å². The summed E-state index contributed by atoms with van der Waals surface area (Å²) in [5.41, 5.74) is 0.756. The van der Waals surface area contributed by atoms with Gasteiger partial charge in [-0.3, -0.25) is 0 Å². The van der Waals surface area contributed by atoms with E-state index in [1.54, 1.807) is 12.3 Å². The van der Waals surface area contributed by atoms with Gasteiger partial charge >= 0.3 is 0 Å². The monoisotopic (exact) mass is 194 g/mol. The highest BCUT2D eigenvalue weighted by atomic mass is 35.5. The number of aromatic nitrogens is 2. The normalized spacial score (nSPS) is 10.6. The van der Waals surface area contributed by atoms with Crippen LogP contribution in [0.1, 0.15) is 5.82 Å². The van der Waals surface area contributed by atoms with Gasteiger partial charge in [-0.15, -0.1) is 0 Å². The minimum Gasteiger partial charge on any atom is -0.388 e. The van der Waals surface area contributed by atoms with Crippen molar-refractivity contribution in [3.63, 3.8) is 0 Å². The van der Waals surface area contributed by atoms with E-state index in [1.165, 1.54) is 0 Å². The lowest BCUT2D eigenvalue weighted by Gasteiger charge is -2.00. The van der Waals surface area contributed by atoms with Crippen molar-refractivity contribution in [2.24, 2.45) is 0 Å². The van der Waals surface area contributed by atoms with Gasteiger partial charge in [-0.2, -0.15) is 0 Å². The molecule has 0 atom stereocenters. The maximum atomic E-state index is 8.81. The van der Waals surface area contributed by atoms with Crippen LogP contribution in [0.5, 0.6) is 0 Å². The van der Waals surface area contributed by atoms with E-state index in [4.69, 9.17) is 16.7 Å². The summed E-state index contributed by atoms with van der Waals surface area (Å²) < 4.78 is 0. The van der Waals surface area contributed by atoms with Crippen LogP contribution in [-0.2, 0) is 6.61 Å². The van der Waals surface area contributed by atoms with Gasteiger partial charge in [-0.25, -0.2) is 9.97 Å². The van der Waals surface area contributed by atoms with Crippen molar-refractivity contribution < 1.29 is 5.11 Å². The lowest BCUT2D eigenvalue weighted by Crippen LogP contribution is -1.93. The Balaban J connectivity index is 2.72. The molecule has 0 aliphatic carbocycles. The molecule has 0 saturated heterocycles. The van der Waals surface area contributed by atoms with Crippen molar-refractivity contribution in [2.45, 2.75) is 6.61 Å². The third kappa shape index (κ3) is 1.48. The number of rotatable bonds is 1. The van der Waals surface area contributed by atoms with E-state index in [2.05, 4.69) is 9.97 Å². The van der Waals surface area contributed by atoms with Crippen molar-refractivity contribution in [2.75, 3.05) is 0 Å². The molecule has 4 heteroatoms. The molecule has 0 saturated carbocycles. The van der Waals surface area contributed by atoms with Gasteiger partial charge in [0.25, 0.3) is 0 Å². The maximum absolute atomic E-state index is 8.81. The van der Waals surface area contributed by atoms with E-state index in [0.717, 1.165) is 10.9 Å². The number of aliphatic hydroxyl groups is 1. The Labute approximate surface area is 80.0 Å². The largest absolute Gasteiger partial charge is 0.388 e. The van der Waals surface area contributed by atoms with Crippen molar-refractivity contribution in [1.82, 2.24) is 9.97 Å². The summed E-state index contributed by atoms with van der Waals surface area (Å²) in [4.78, 5) is 8.05. The molecular formula is C9H7ClN2O. The molecule has 66 valence electrons. The molecule has 0 radical (unpaired) electrons. The SMILES string of the molecule is OCc1ncc2c(Cl)cccc2n1. The maximum Gasteiger partial charge on any atom is 0.154 e. The summed E-state index contributed by atoms with van der Waals surface area (Å²) in [7, 11) is 0. The zero-order chi connectivity index (χ0) is 9.26. The zero-order valence-corrected chi connectivity index (χ0v) is 7.49. The van der Waals surface area contributed by atoms with E-state index in [0.29, 0.717) is 10.8 Å². The molecule has 2 rings (SSSR count). The van der Waals surface area contributed by atoms with Crippen LogP contribution in [0.2, 0.25) is 5.02 Å². The fourth-order valence-corrected chi connectivity index (χ4v) is 1.35. The van der Waals surface area contributed by atoms with Gasteiger partial charge in [-0.05, 0) is 12.1 Å². The second kappa shape index (κ2) is 3.28. The van der Waals surface area contributed by atoms with Gasteiger partial charge in [0, 0.05) is 11.6 Å². The summed E-state index contributed by atoms with van der Waals surface area (Å²) >= 11 is 5.91. The number of aliphatic hydroxyl groups excluding tert-OH is 1. The summed E-state index contributed by atoms with van der Waals surface area (Å²) in [6.07, 6.45) is 1.62. The Morgan fingerprint density at radius 1 is 1.38 bits per heavy atom. The molecule has 1 heterocycles. The highest BCUT2D eigenvalue weighted by Crippen LogP contribution is 2.20. The van der Waals surface area contributed by atoms with Gasteiger partial charge < -0.3 is 5.11 Å². The van der Waals surface area contributed by atoms with Crippen LogP contribution in [0.25, 0.3) is 10.9 Å².